The normalized spacial score (nSPS) is 14.6. The van der Waals surface area contributed by atoms with E-state index in [2.05, 4.69) is 25.2 Å². The second kappa shape index (κ2) is 11.1. The predicted octanol–water partition coefficient (Wildman–Crippen LogP) is 3.51. The number of fused-ring (bicyclic) bond motifs is 2. The SMILES string of the molecule is COCCN1CCC(n2nc(-c3ccc(NC(=O)c4cc5cnccc5n4C)c(OC)c3)c3c(N)ncnc32)CC1. The molecule has 5 aromatic rings. The van der Waals surface area contributed by atoms with Gasteiger partial charge in [0.25, 0.3) is 5.91 Å². The Kier molecular flexibility index (Phi) is 7.25. The molecule has 0 atom stereocenters. The lowest BCUT2D eigenvalue weighted by atomic mass is 10.1. The number of anilines is 2. The van der Waals surface area contributed by atoms with E-state index in [9.17, 15) is 4.79 Å². The Morgan fingerprint density at radius 1 is 1.15 bits per heavy atom. The van der Waals surface area contributed by atoms with Gasteiger partial charge in [-0.3, -0.25) is 9.78 Å². The highest BCUT2D eigenvalue weighted by atomic mass is 16.5. The molecule has 1 aliphatic heterocycles. The number of rotatable bonds is 8. The number of likely N-dealkylation sites (tertiary alicyclic amines) is 1. The van der Waals surface area contributed by atoms with Gasteiger partial charge in [-0.2, -0.15) is 5.10 Å². The van der Waals surface area contributed by atoms with Crippen LogP contribution in [-0.2, 0) is 11.8 Å². The van der Waals surface area contributed by atoms with Crippen molar-refractivity contribution in [1.29, 1.82) is 0 Å². The Balaban J connectivity index is 1.30. The third-order valence-electron chi connectivity index (χ3n) is 7.83. The average molecular weight is 556 g/mol. The van der Waals surface area contributed by atoms with Crippen molar-refractivity contribution in [2.24, 2.45) is 7.05 Å². The summed E-state index contributed by atoms with van der Waals surface area (Å²) in [6, 6.07) is 9.46. The molecule has 0 aliphatic carbocycles. The summed E-state index contributed by atoms with van der Waals surface area (Å²) in [6.45, 7) is 3.56. The van der Waals surface area contributed by atoms with Gasteiger partial charge in [-0.05, 0) is 37.1 Å². The lowest BCUT2D eigenvalue weighted by Gasteiger charge is -2.31. The van der Waals surface area contributed by atoms with Crippen LogP contribution in [0.15, 0.2) is 49.1 Å². The number of aryl methyl sites for hydroxylation is 1. The maximum Gasteiger partial charge on any atom is 0.272 e. The maximum absolute atomic E-state index is 13.2. The molecule has 0 unspecified atom stereocenters. The first-order chi connectivity index (χ1) is 20.0. The van der Waals surface area contributed by atoms with E-state index in [1.165, 1.54) is 6.33 Å². The number of carbonyl (C=O) groups is 1. The Bertz CT molecular complexity index is 1720. The fourth-order valence-electron chi connectivity index (χ4n) is 5.60. The number of piperidine rings is 1. The van der Waals surface area contributed by atoms with Gasteiger partial charge >= 0.3 is 0 Å². The molecule has 0 saturated carbocycles. The van der Waals surface area contributed by atoms with Crippen molar-refractivity contribution in [2.45, 2.75) is 18.9 Å². The van der Waals surface area contributed by atoms with E-state index in [0.29, 0.717) is 39.7 Å². The standard InChI is InChI=1S/C29H33N9O3/c1-36-22-6-9-31-16-19(22)14-23(36)29(39)34-21-5-4-18(15-24(21)41-3)26-25-27(30)32-17-33-28(25)38(35-26)20-7-10-37(11-8-20)12-13-40-2/h4-6,9,14-17,20H,7-8,10-13H2,1-3H3,(H,34,39)(H2,30,32,33). The number of amides is 1. The molecule has 1 amide bonds. The van der Waals surface area contributed by atoms with Crippen molar-refractivity contribution in [2.75, 3.05) is 51.5 Å². The van der Waals surface area contributed by atoms with Gasteiger partial charge in [-0.1, -0.05) is 6.07 Å². The summed E-state index contributed by atoms with van der Waals surface area (Å²) in [5.41, 5.74) is 10.5. The lowest BCUT2D eigenvalue weighted by molar-refractivity contribution is 0.101. The van der Waals surface area contributed by atoms with Crippen molar-refractivity contribution in [3.63, 3.8) is 0 Å². The van der Waals surface area contributed by atoms with Crippen molar-refractivity contribution in [3.05, 3.63) is 54.7 Å². The van der Waals surface area contributed by atoms with Gasteiger partial charge in [0.2, 0.25) is 0 Å². The number of benzene rings is 1. The number of nitrogens with two attached hydrogens (primary N) is 1. The molecule has 0 spiro atoms. The molecule has 41 heavy (non-hydrogen) atoms. The first kappa shape index (κ1) is 26.7. The minimum atomic E-state index is -0.251. The molecule has 1 aromatic carbocycles. The van der Waals surface area contributed by atoms with E-state index < -0.39 is 0 Å². The second-order valence-electron chi connectivity index (χ2n) is 10.2. The summed E-state index contributed by atoms with van der Waals surface area (Å²) in [5, 5.41) is 9.61. The van der Waals surface area contributed by atoms with Crippen molar-refractivity contribution in [3.8, 4) is 17.0 Å². The molecule has 4 aromatic heterocycles. The Labute approximate surface area is 237 Å². The van der Waals surface area contributed by atoms with E-state index >= 15 is 0 Å². The van der Waals surface area contributed by atoms with Crippen LogP contribution in [0.1, 0.15) is 29.4 Å². The molecule has 0 bridgehead atoms. The molecule has 12 heteroatoms. The van der Waals surface area contributed by atoms with Crippen LogP contribution >= 0.6 is 0 Å². The van der Waals surface area contributed by atoms with Gasteiger partial charge in [0.15, 0.2) is 5.65 Å². The van der Waals surface area contributed by atoms with E-state index in [-0.39, 0.29) is 11.9 Å². The fraction of sp³-hybridized carbons (Fsp3) is 0.345. The van der Waals surface area contributed by atoms with Crippen molar-refractivity contribution in [1.82, 2.24) is 34.2 Å². The number of pyridine rings is 1. The topological polar surface area (TPSA) is 138 Å². The molecule has 5 heterocycles. The van der Waals surface area contributed by atoms with E-state index in [0.717, 1.165) is 55.5 Å². The molecule has 212 valence electrons. The number of hydrogen-bond acceptors (Lipinski definition) is 9. The van der Waals surface area contributed by atoms with Crippen LogP contribution < -0.4 is 15.8 Å². The highest BCUT2D eigenvalue weighted by Gasteiger charge is 2.26. The van der Waals surface area contributed by atoms with Gasteiger partial charge in [-0.15, -0.1) is 0 Å². The summed E-state index contributed by atoms with van der Waals surface area (Å²) in [6.07, 6.45) is 6.83. The van der Waals surface area contributed by atoms with E-state index in [4.69, 9.17) is 20.3 Å². The second-order valence-corrected chi connectivity index (χ2v) is 10.2. The molecule has 12 nitrogen and oxygen atoms in total. The van der Waals surface area contributed by atoms with Crippen molar-refractivity contribution < 1.29 is 14.3 Å². The van der Waals surface area contributed by atoms with Crippen molar-refractivity contribution >= 4 is 39.3 Å². The van der Waals surface area contributed by atoms with Gasteiger partial charge in [-0.25, -0.2) is 14.6 Å². The molecule has 1 fully saturated rings. The molecular weight excluding hydrogens is 522 g/mol. The van der Waals surface area contributed by atoms with Gasteiger partial charge < -0.3 is 30.0 Å². The largest absolute Gasteiger partial charge is 0.495 e. The number of hydrogen-bond donors (Lipinski definition) is 2. The van der Waals surface area contributed by atoms with Gasteiger partial charge in [0, 0.05) is 57.1 Å². The molecular formula is C29H33N9O3. The zero-order valence-corrected chi connectivity index (χ0v) is 23.4. The van der Waals surface area contributed by atoms with Crippen LogP contribution in [0.4, 0.5) is 11.5 Å². The number of carbonyl (C=O) groups excluding carboxylic acids is 1. The Morgan fingerprint density at radius 2 is 1.98 bits per heavy atom. The number of nitrogen functional groups attached to an aromatic ring is 1. The van der Waals surface area contributed by atoms with Gasteiger partial charge in [0.05, 0.1) is 36.3 Å². The van der Waals surface area contributed by atoms with E-state index in [1.807, 2.05) is 46.6 Å². The smallest absolute Gasteiger partial charge is 0.272 e. The van der Waals surface area contributed by atoms with Gasteiger partial charge in [0.1, 0.15) is 29.3 Å². The van der Waals surface area contributed by atoms with Crippen LogP contribution in [0.2, 0.25) is 0 Å². The summed E-state index contributed by atoms with van der Waals surface area (Å²) < 4.78 is 14.8. The molecule has 1 aliphatic rings. The number of nitrogens with zero attached hydrogens (tertiary/aromatic N) is 7. The molecule has 0 radical (unpaired) electrons. The first-order valence-electron chi connectivity index (χ1n) is 13.6. The predicted molar refractivity (Wildman–Crippen MR) is 157 cm³/mol. The minimum Gasteiger partial charge on any atom is -0.495 e. The summed E-state index contributed by atoms with van der Waals surface area (Å²) >= 11 is 0. The quantitative estimate of drug-likeness (QED) is 0.295. The number of methoxy groups -OCH3 is 2. The van der Waals surface area contributed by atoms with Crippen LogP contribution in [0.5, 0.6) is 5.75 Å². The van der Waals surface area contributed by atoms with E-state index in [1.54, 1.807) is 26.6 Å². The first-order valence-corrected chi connectivity index (χ1v) is 13.6. The molecule has 6 rings (SSSR count). The summed E-state index contributed by atoms with van der Waals surface area (Å²) in [7, 11) is 5.16. The average Bonchev–Trinajstić information content (AvgIpc) is 3.56. The zero-order valence-electron chi connectivity index (χ0n) is 23.4. The number of aromatic nitrogens is 6. The van der Waals surface area contributed by atoms with Crippen LogP contribution in [0, 0.1) is 0 Å². The van der Waals surface area contributed by atoms with Crippen LogP contribution in [0.25, 0.3) is 33.2 Å². The number of ether oxygens (including phenoxy) is 2. The Morgan fingerprint density at radius 3 is 2.73 bits per heavy atom. The van der Waals surface area contributed by atoms with Crippen LogP contribution in [0.3, 0.4) is 0 Å². The fourth-order valence-corrected chi connectivity index (χ4v) is 5.60. The monoisotopic (exact) mass is 555 g/mol. The summed E-state index contributed by atoms with van der Waals surface area (Å²) in [5.74, 6) is 0.621. The zero-order chi connectivity index (χ0) is 28.5. The third-order valence-corrected chi connectivity index (χ3v) is 7.83. The maximum atomic E-state index is 13.2. The lowest BCUT2D eigenvalue weighted by Crippen LogP contribution is -2.36. The third kappa shape index (κ3) is 4.96. The Hall–Kier alpha value is -4.55. The molecule has 1 saturated heterocycles. The highest BCUT2D eigenvalue weighted by molar-refractivity contribution is 6.07. The van der Waals surface area contributed by atoms with Crippen LogP contribution in [-0.4, -0.2) is 80.6 Å². The summed E-state index contributed by atoms with van der Waals surface area (Å²) in [4.78, 5) is 28.6. The number of nitrogens with one attached hydrogen (secondary N) is 1. The molecule has 3 N–H and O–H groups in total. The highest BCUT2D eigenvalue weighted by Crippen LogP contribution is 2.37. The minimum absolute atomic E-state index is 0.191.